The van der Waals surface area contributed by atoms with Crippen molar-refractivity contribution in [1.82, 2.24) is 0 Å². The molecule has 0 saturated carbocycles. The van der Waals surface area contributed by atoms with Gasteiger partial charge in [0.25, 0.3) is 0 Å². The van der Waals surface area contributed by atoms with E-state index in [1.54, 1.807) is 54.7 Å². The summed E-state index contributed by atoms with van der Waals surface area (Å²) in [6.07, 6.45) is 16.4. The van der Waals surface area contributed by atoms with E-state index in [1.807, 2.05) is 0 Å². The predicted molar refractivity (Wildman–Crippen MR) is 106 cm³/mol. The van der Waals surface area contributed by atoms with Crippen LogP contribution in [0.4, 0.5) is 0 Å². The Bertz CT molecular complexity index is 958. The van der Waals surface area contributed by atoms with Crippen molar-refractivity contribution in [2.75, 3.05) is 0 Å². The highest BCUT2D eigenvalue weighted by Gasteiger charge is 2.46. The lowest BCUT2D eigenvalue weighted by Crippen LogP contribution is -2.44. The Morgan fingerprint density at radius 3 is 2.34 bits per heavy atom. The van der Waals surface area contributed by atoms with Gasteiger partial charge >= 0.3 is 11.9 Å². The lowest BCUT2D eigenvalue weighted by molar-refractivity contribution is -0.196. The molecule has 0 radical (unpaired) electrons. The Morgan fingerprint density at radius 2 is 1.72 bits per heavy atom. The molecule has 0 aliphatic heterocycles. The van der Waals surface area contributed by atoms with Crippen LogP contribution in [0.15, 0.2) is 84.1 Å². The predicted octanol–water partition coefficient (Wildman–Crippen LogP) is 2.79. The number of carbonyl (C=O) groups is 3. The monoisotopic (exact) mass is 394 g/mol. The number of hydrogen-bond acceptors (Lipinski definition) is 6. The van der Waals surface area contributed by atoms with Crippen LogP contribution in [0.1, 0.15) is 20.3 Å². The third kappa shape index (κ3) is 3.84. The van der Waals surface area contributed by atoms with Gasteiger partial charge < -0.3 is 14.6 Å². The summed E-state index contributed by atoms with van der Waals surface area (Å²) in [5.74, 6) is -4.51. The Morgan fingerprint density at radius 1 is 1.03 bits per heavy atom. The molecule has 3 atom stereocenters. The first-order valence-corrected chi connectivity index (χ1v) is 9.17. The Hall–Kier alpha value is -3.25. The van der Waals surface area contributed by atoms with Crippen LogP contribution in [-0.4, -0.2) is 34.2 Å². The standard InChI is InChI=1S/C23H22O6/c1-15-10-11-18(21(26)22(28-16(2)24)12-6-4-7-13-22)20(15)19-9-5-8-14-23(19,27)29-17(3)25/h4-12,14,19,27H,1,13H2,2-3H3. The topological polar surface area (TPSA) is 89.9 Å². The molecule has 0 fully saturated rings. The molecule has 1 N–H and O–H groups in total. The van der Waals surface area contributed by atoms with Crippen molar-refractivity contribution in [3.05, 3.63) is 84.1 Å². The number of hydrogen-bond donors (Lipinski definition) is 1. The Kier molecular flexibility index (Phi) is 5.40. The van der Waals surface area contributed by atoms with Crippen LogP contribution < -0.4 is 0 Å². The number of rotatable bonds is 5. The lowest BCUT2D eigenvalue weighted by atomic mass is 9.79. The Balaban J connectivity index is 2.09. The Labute approximate surface area is 168 Å². The highest BCUT2D eigenvalue weighted by Crippen LogP contribution is 2.42. The summed E-state index contributed by atoms with van der Waals surface area (Å²) >= 11 is 0. The van der Waals surface area contributed by atoms with Gasteiger partial charge in [-0.1, -0.05) is 55.2 Å². The maximum atomic E-state index is 13.5. The molecule has 0 amide bonds. The van der Waals surface area contributed by atoms with E-state index in [1.165, 1.54) is 19.9 Å². The average molecular weight is 394 g/mol. The molecule has 6 heteroatoms. The van der Waals surface area contributed by atoms with E-state index in [9.17, 15) is 19.5 Å². The van der Waals surface area contributed by atoms with E-state index in [-0.39, 0.29) is 12.0 Å². The molecule has 0 saturated heterocycles. The number of carbonyl (C=O) groups excluding carboxylic acids is 3. The number of allylic oxidation sites excluding steroid dienone is 7. The molecule has 3 rings (SSSR count). The van der Waals surface area contributed by atoms with Gasteiger partial charge in [-0.15, -0.1) is 0 Å². The molecule has 3 aliphatic carbocycles. The molecule has 0 aromatic carbocycles. The van der Waals surface area contributed by atoms with Crippen molar-refractivity contribution < 1.29 is 29.0 Å². The molecule has 0 bridgehead atoms. The number of ketones is 1. The molecule has 0 aromatic rings. The van der Waals surface area contributed by atoms with Gasteiger partial charge in [-0.3, -0.25) is 14.4 Å². The molecule has 3 unspecified atom stereocenters. The molecule has 0 spiro atoms. The van der Waals surface area contributed by atoms with E-state index in [0.29, 0.717) is 11.1 Å². The fourth-order valence-corrected chi connectivity index (χ4v) is 3.72. The molecule has 29 heavy (non-hydrogen) atoms. The van der Waals surface area contributed by atoms with Crippen LogP contribution in [0, 0.1) is 5.92 Å². The fraction of sp³-hybridized carbons (Fsp3) is 0.261. The average Bonchev–Trinajstić information content (AvgIpc) is 3.02. The zero-order chi connectivity index (χ0) is 21.2. The van der Waals surface area contributed by atoms with Gasteiger partial charge in [0.1, 0.15) is 0 Å². The molecule has 3 aliphatic rings. The first-order chi connectivity index (χ1) is 13.7. The second-order valence-electron chi connectivity index (χ2n) is 7.06. The zero-order valence-corrected chi connectivity index (χ0v) is 16.3. The van der Waals surface area contributed by atoms with Crippen LogP contribution >= 0.6 is 0 Å². The lowest BCUT2D eigenvalue weighted by Gasteiger charge is -2.35. The fourth-order valence-electron chi connectivity index (χ4n) is 3.72. The van der Waals surface area contributed by atoms with Gasteiger partial charge in [-0.05, 0) is 23.3 Å². The minimum Gasteiger partial charge on any atom is -0.446 e. The number of aliphatic hydroxyl groups is 1. The van der Waals surface area contributed by atoms with Gasteiger partial charge in [0, 0.05) is 25.8 Å². The van der Waals surface area contributed by atoms with E-state index >= 15 is 0 Å². The summed E-state index contributed by atoms with van der Waals surface area (Å²) in [4.78, 5) is 36.8. The van der Waals surface area contributed by atoms with E-state index < -0.39 is 35.0 Å². The maximum absolute atomic E-state index is 13.5. The summed E-state index contributed by atoms with van der Waals surface area (Å²) in [7, 11) is 0. The number of esters is 2. The molecular weight excluding hydrogens is 372 g/mol. The van der Waals surface area contributed by atoms with Gasteiger partial charge in [-0.25, -0.2) is 0 Å². The minimum atomic E-state index is -1.96. The first kappa shape index (κ1) is 20.5. The highest BCUT2D eigenvalue weighted by atomic mass is 16.7. The largest absolute Gasteiger partial charge is 0.446 e. The highest BCUT2D eigenvalue weighted by molar-refractivity contribution is 6.09. The van der Waals surface area contributed by atoms with Gasteiger partial charge in [0.05, 0.1) is 5.92 Å². The normalized spacial score (nSPS) is 30.0. The van der Waals surface area contributed by atoms with Crippen LogP contribution in [-0.2, 0) is 23.9 Å². The summed E-state index contributed by atoms with van der Waals surface area (Å²) in [5.41, 5.74) is -0.332. The smallest absolute Gasteiger partial charge is 0.305 e. The minimum absolute atomic E-state index is 0.188. The van der Waals surface area contributed by atoms with Crippen molar-refractivity contribution in [3.8, 4) is 0 Å². The van der Waals surface area contributed by atoms with E-state index in [0.717, 1.165) is 0 Å². The quantitative estimate of drug-likeness (QED) is 0.570. The van der Waals surface area contributed by atoms with E-state index in [2.05, 4.69) is 6.58 Å². The van der Waals surface area contributed by atoms with Crippen LogP contribution in [0.25, 0.3) is 0 Å². The van der Waals surface area contributed by atoms with Crippen LogP contribution in [0.2, 0.25) is 0 Å². The molecular formula is C23H22O6. The maximum Gasteiger partial charge on any atom is 0.305 e. The summed E-state index contributed by atoms with van der Waals surface area (Å²) in [6, 6.07) is 0. The summed E-state index contributed by atoms with van der Waals surface area (Å²) in [5, 5.41) is 11.0. The SMILES string of the molecule is C=C1C=CC(C(=O)C2(OC(C)=O)C=CC=CC2)=C1C1C=CC=CC1(O)OC(C)=O. The molecule has 0 heterocycles. The molecule has 0 aromatic heterocycles. The molecule has 150 valence electrons. The summed E-state index contributed by atoms with van der Waals surface area (Å²) in [6.45, 7) is 6.41. The van der Waals surface area contributed by atoms with Crippen molar-refractivity contribution in [2.45, 2.75) is 31.7 Å². The van der Waals surface area contributed by atoms with Crippen molar-refractivity contribution in [3.63, 3.8) is 0 Å². The van der Waals surface area contributed by atoms with Crippen molar-refractivity contribution in [1.29, 1.82) is 0 Å². The van der Waals surface area contributed by atoms with Crippen LogP contribution in [0.5, 0.6) is 0 Å². The molecule has 6 nitrogen and oxygen atoms in total. The third-order valence-corrected chi connectivity index (χ3v) is 4.89. The van der Waals surface area contributed by atoms with Crippen LogP contribution in [0.3, 0.4) is 0 Å². The van der Waals surface area contributed by atoms with Crippen molar-refractivity contribution in [2.24, 2.45) is 5.92 Å². The number of Topliss-reactive ketones (excluding diaryl/α,β-unsaturated/α-hetero) is 1. The van der Waals surface area contributed by atoms with Gasteiger partial charge in [-0.2, -0.15) is 0 Å². The zero-order valence-electron chi connectivity index (χ0n) is 16.3. The van der Waals surface area contributed by atoms with E-state index in [4.69, 9.17) is 9.47 Å². The summed E-state index contributed by atoms with van der Waals surface area (Å²) < 4.78 is 10.6. The first-order valence-electron chi connectivity index (χ1n) is 9.17. The number of ether oxygens (including phenoxy) is 2. The van der Waals surface area contributed by atoms with Gasteiger partial charge in [0.2, 0.25) is 11.6 Å². The second kappa shape index (κ2) is 7.64. The van der Waals surface area contributed by atoms with Gasteiger partial charge in [0.15, 0.2) is 5.60 Å². The van der Waals surface area contributed by atoms with Crippen molar-refractivity contribution >= 4 is 17.7 Å². The third-order valence-electron chi connectivity index (χ3n) is 4.89. The second-order valence-corrected chi connectivity index (χ2v) is 7.06.